The standard InChI is InChI=1S/C14H17BrN2O/c1-2-17-8-7-16-14(17)10-13(18)9-11-3-5-12(15)6-4-11/h3-8,13,18H,2,9-10H2,1H3. The lowest BCUT2D eigenvalue weighted by Crippen LogP contribution is -2.17. The van der Waals surface area contributed by atoms with Crippen molar-refractivity contribution < 1.29 is 5.11 Å². The highest BCUT2D eigenvalue weighted by atomic mass is 79.9. The van der Waals surface area contributed by atoms with Gasteiger partial charge in [0.2, 0.25) is 0 Å². The van der Waals surface area contributed by atoms with Gasteiger partial charge in [0.15, 0.2) is 0 Å². The highest BCUT2D eigenvalue weighted by Gasteiger charge is 2.10. The van der Waals surface area contributed by atoms with E-state index in [9.17, 15) is 5.11 Å². The Bertz CT molecular complexity index is 493. The van der Waals surface area contributed by atoms with Gasteiger partial charge in [-0.3, -0.25) is 0 Å². The van der Waals surface area contributed by atoms with Crippen LogP contribution >= 0.6 is 15.9 Å². The molecule has 0 aliphatic heterocycles. The number of aromatic nitrogens is 2. The van der Waals surface area contributed by atoms with Crippen molar-refractivity contribution in [2.24, 2.45) is 0 Å². The SMILES string of the molecule is CCn1ccnc1CC(O)Cc1ccc(Br)cc1. The maximum Gasteiger partial charge on any atom is 0.111 e. The second kappa shape index (κ2) is 6.16. The van der Waals surface area contributed by atoms with E-state index in [1.54, 1.807) is 6.20 Å². The van der Waals surface area contributed by atoms with E-state index in [1.807, 2.05) is 30.5 Å². The van der Waals surface area contributed by atoms with Crippen LogP contribution in [-0.2, 0) is 19.4 Å². The number of rotatable bonds is 5. The third-order valence-electron chi connectivity index (χ3n) is 2.95. The van der Waals surface area contributed by atoms with Gasteiger partial charge in [-0.25, -0.2) is 4.98 Å². The number of imidazole rings is 1. The lowest BCUT2D eigenvalue weighted by Gasteiger charge is -2.11. The largest absolute Gasteiger partial charge is 0.392 e. The highest BCUT2D eigenvalue weighted by Crippen LogP contribution is 2.13. The molecule has 0 aliphatic carbocycles. The molecule has 0 radical (unpaired) electrons. The Morgan fingerprint density at radius 1 is 1.28 bits per heavy atom. The summed E-state index contributed by atoms with van der Waals surface area (Å²) >= 11 is 3.40. The molecule has 0 saturated carbocycles. The van der Waals surface area contributed by atoms with Gasteiger partial charge in [0, 0.05) is 29.8 Å². The Kier molecular flexibility index (Phi) is 4.55. The fourth-order valence-corrected chi connectivity index (χ4v) is 2.26. The van der Waals surface area contributed by atoms with E-state index in [-0.39, 0.29) is 6.10 Å². The molecule has 1 atom stereocenters. The van der Waals surface area contributed by atoms with Gasteiger partial charge in [-0.1, -0.05) is 28.1 Å². The van der Waals surface area contributed by atoms with E-state index >= 15 is 0 Å². The van der Waals surface area contributed by atoms with Crippen LogP contribution < -0.4 is 0 Å². The van der Waals surface area contributed by atoms with Crippen molar-refractivity contribution in [3.8, 4) is 0 Å². The zero-order valence-electron chi connectivity index (χ0n) is 10.4. The van der Waals surface area contributed by atoms with Gasteiger partial charge in [-0.15, -0.1) is 0 Å². The molecule has 2 aromatic rings. The predicted molar refractivity (Wildman–Crippen MR) is 75.5 cm³/mol. The van der Waals surface area contributed by atoms with E-state index in [2.05, 4.69) is 32.4 Å². The Morgan fingerprint density at radius 2 is 2.00 bits per heavy atom. The fraction of sp³-hybridized carbons (Fsp3) is 0.357. The van der Waals surface area contributed by atoms with Crippen LogP contribution in [0.5, 0.6) is 0 Å². The molecule has 3 nitrogen and oxygen atoms in total. The molecule has 1 N–H and O–H groups in total. The lowest BCUT2D eigenvalue weighted by molar-refractivity contribution is 0.171. The van der Waals surface area contributed by atoms with Gasteiger partial charge < -0.3 is 9.67 Å². The molecular formula is C14H17BrN2O. The fourth-order valence-electron chi connectivity index (χ4n) is 1.99. The van der Waals surface area contributed by atoms with Crippen molar-refractivity contribution in [1.29, 1.82) is 0 Å². The maximum atomic E-state index is 10.1. The first kappa shape index (κ1) is 13.3. The first-order valence-corrected chi connectivity index (χ1v) is 6.91. The summed E-state index contributed by atoms with van der Waals surface area (Å²) in [4.78, 5) is 4.28. The average molecular weight is 309 g/mol. The maximum absolute atomic E-state index is 10.1. The number of aryl methyl sites for hydroxylation is 1. The Labute approximate surface area is 116 Å². The van der Waals surface area contributed by atoms with Crippen LogP contribution in [0.15, 0.2) is 41.1 Å². The molecule has 0 bridgehead atoms. The normalized spacial score (nSPS) is 12.6. The Balaban J connectivity index is 1.96. The van der Waals surface area contributed by atoms with Gasteiger partial charge in [0.1, 0.15) is 5.82 Å². The smallest absolute Gasteiger partial charge is 0.111 e. The number of hydrogen-bond acceptors (Lipinski definition) is 2. The molecule has 1 unspecified atom stereocenters. The minimum Gasteiger partial charge on any atom is -0.392 e. The summed E-state index contributed by atoms with van der Waals surface area (Å²) < 4.78 is 3.12. The molecular weight excluding hydrogens is 292 g/mol. The van der Waals surface area contributed by atoms with Crippen LogP contribution in [0.2, 0.25) is 0 Å². The Morgan fingerprint density at radius 3 is 2.67 bits per heavy atom. The lowest BCUT2D eigenvalue weighted by atomic mass is 10.1. The summed E-state index contributed by atoms with van der Waals surface area (Å²) in [6.07, 6.45) is 4.59. The number of aliphatic hydroxyl groups excluding tert-OH is 1. The van der Waals surface area contributed by atoms with Crippen molar-refractivity contribution in [3.63, 3.8) is 0 Å². The van der Waals surface area contributed by atoms with Crippen molar-refractivity contribution in [3.05, 3.63) is 52.5 Å². The molecule has 1 heterocycles. The monoisotopic (exact) mass is 308 g/mol. The van der Waals surface area contributed by atoms with E-state index in [0.29, 0.717) is 12.8 Å². The second-order valence-electron chi connectivity index (χ2n) is 4.32. The molecule has 0 amide bonds. The molecule has 0 fully saturated rings. The number of benzene rings is 1. The molecule has 4 heteroatoms. The van der Waals surface area contributed by atoms with Gasteiger partial charge in [-0.2, -0.15) is 0 Å². The second-order valence-corrected chi connectivity index (χ2v) is 5.23. The van der Waals surface area contributed by atoms with Crippen molar-refractivity contribution in [2.45, 2.75) is 32.4 Å². The minimum absolute atomic E-state index is 0.390. The highest BCUT2D eigenvalue weighted by molar-refractivity contribution is 9.10. The van der Waals surface area contributed by atoms with Gasteiger partial charge in [0.25, 0.3) is 0 Å². The first-order valence-electron chi connectivity index (χ1n) is 6.11. The molecule has 96 valence electrons. The quantitative estimate of drug-likeness (QED) is 0.922. The Hall–Kier alpha value is -1.13. The summed E-state index contributed by atoms with van der Waals surface area (Å²) in [6.45, 7) is 2.96. The number of hydrogen-bond donors (Lipinski definition) is 1. The third kappa shape index (κ3) is 3.43. The summed E-state index contributed by atoms with van der Waals surface area (Å²) in [7, 11) is 0. The van der Waals surface area contributed by atoms with Gasteiger partial charge >= 0.3 is 0 Å². The summed E-state index contributed by atoms with van der Waals surface area (Å²) in [5.41, 5.74) is 1.14. The first-order chi connectivity index (χ1) is 8.69. The molecule has 18 heavy (non-hydrogen) atoms. The molecule has 0 spiro atoms. The number of aliphatic hydroxyl groups is 1. The van der Waals surface area contributed by atoms with Crippen molar-refractivity contribution in [2.75, 3.05) is 0 Å². The van der Waals surface area contributed by atoms with E-state index < -0.39 is 0 Å². The molecule has 1 aromatic carbocycles. The zero-order chi connectivity index (χ0) is 13.0. The van der Waals surface area contributed by atoms with Crippen LogP contribution in [0.25, 0.3) is 0 Å². The van der Waals surface area contributed by atoms with E-state index in [0.717, 1.165) is 22.4 Å². The summed E-state index contributed by atoms with van der Waals surface area (Å²) in [5.74, 6) is 0.946. The number of halogens is 1. The van der Waals surface area contributed by atoms with Gasteiger partial charge in [-0.05, 0) is 31.0 Å². The van der Waals surface area contributed by atoms with E-state index in [4.69, 9.17) is 0 Å². The zero-order valence-corrected chi connectivity index (χ0v) is 12.0. The molecule has 1 aromatic heterocycles. The topological polar surface area (TPSA) is 38.0 Å². The van der Waals surface area contributed by atoms with Gasteiger partial charge in [0.05, 0.1) is 6.10 Å². The predicted octanol–water partition coefficient (Wildman–Crippen LogP) is 2.81. The summed E-state index contributed by atoms with van der Waals surface area (Å²) in [6, 6.07) is 8.04. The number of nitrogens with zero attached hydrogens (tertiary/aromatic N) is 2. The van der Waals surface area contributed by atoms with Crippen LogP contribution in [0.3, 0.4) is 0 Å². The third-order valence-corrected chi connectivity index (χ3v) is 3.47. The molecule has 2 rings (SSSR count). The van der Waals surface area contributed by atoms with Crippen LogP contribution in [0.1, 0.15) is 18.3 Å². The molecule has 0 aliphatic rings. The van der Waals surface area contributed by atoms with Crippen LogP contribution in [0, 0.1) is 0 Å². The van der Waals surface area contributed by atoms with Crippen molar-refractivity contribution >= 4 is 15.9 Å². The van der Waals surface area contributed by atoms with Crippen LogP contribution in [-0.4, -0.2) is 20.8 Å². The minimum atomic E-state index is -0.390. The van der Waals surface area contributed by atoms with Crippen molar-refractivity contribution in [1.82, 2.24) is 9.55 Å². The van der Waals surface area contributed by atoms with E-state index in [1.165, 1.54) is 0 Å². The molecule has 0 saturated heterocycles. The summed E-state index contributed by atoms with van der Waals surface area (Å²) in [5, 5.41) is 10.1. The average Bonchev–Trinajstić information content (AvgIpc) is 2.79. The van der Waals surface area contributed by atoms with Crippen LogP contribution in [0.4, 0.5) is 0 Å².